The number of halogens is 6. The maximum Gasteiger partial charge on any atom is 0.411 e. The summed E-state index contributed by atoms with van der Waals surface area (Å²) in [5, 5.41) is 0. The van der Waals surface area contributed by atoms with Crippen molar-refractivity contribution in [2.24, 2.45) is 0 Å². The van der Waals surface area contributed by atoms with E-state index in [2.05, 4.69) is 6.58 Å². The quantitative estimate of drug-likeness (QED) is 0.172. The van der Waals surface area contributed by atoms with E-state index < -0.39 is 28.9 Å². The highest BCUT2D eigenvalue weighted by molar-refractivity contribution is 5.47. The van der Waals surface area contributed by atoms with Gasteiger partial charge in [-0.15, -0.1) is 0 Å². The van der Waals surface area contributed by atoms with Crippen LogP contribution in [-0.2, 0) is 11.8 Å². The van der Waals surface area contributed by atoms with Crippen LogP contribution in [0.1, 0.15) is 43.9 Å². The number of allylic oxidation sites excluding steroid dienone is 8. The first-order valence-corrected chi connectivity index (χ1v) is 11.7. The fourth-order valence-corrected chi connectivity index (χ4v) is 3.88. The van der Waals surface area contributed by atoms with E-state index in [1.54, 1.807) is 25.2 Å². The highest BCUT2D eigenvalue weighted by atomic mass is 19.4. The van der Waals surface area contributed by atoms with Crippen LogP contribution >= 0.6 is 0 Å². The fourth-order valence-electron chi connectivity index (χ4n) is 3.88. The summed E-state index contributed by atoms with van der Waals surface area (Å²) in [6, 6.07) is 8.26. The Balaban J connectivity index is 2.57. The van der Waals surface area contributed by atoms with Crippen molar-refractivity contribution in [3.8, 4) is 5.75 Å². The molecular formula is C30H30F6O. The molecule has 0 radical (unpaired) electrons. The zero-order chi connectivity index (χ0) is 27.7. The fraction of sp³-hybridized carbons (Fsp3) is 0.267. The Morgan fingerprint density at radius 3 is 1.78 bits per heavy atom. The first-order valence-electron chi connectivity index (χ1n) is 11.7. The molecule has 1 nitrogen and oxygen atoms in total. The van der Waals surface area contributed by atoms with Crippen molar-refractivity contribution in [2.75, 3.05) is 0 Å². The SMILES string of the molecule is C=C/C=C\C(=C/C)Oc1ccc(C(c2ccc(CC(/C=C\CC)=C/C)cc2)(C(F)(F)F)C(F)(F)F)cc1. The molecule has 0 aliphatic rings. The van der Waals surface area contributed by atoms with Crippen LogP contribution in [0.15, 0.2) is 109 Å². The number of benzene rings is 2. The van der Waals surface area contributed by atoms with Gasteiger partial charge >= 0.3 is 12.4 Å². The van der Waals surface area contributed by atoms with Gasteiger partial charge in [0.15, 0.2) is 0 Å². The van der Waals surface area contributed by atoms with Gasteiger partial charge in [0.2, 0.25) is 5.41 Å². The van der Waals surface area contributed by atoms with Crippen LogP contribution in [0.4, 0.5) is 26.3 Å². The van der Waals surface area contributed by atoms with Gasteiger partial charge in [-0.1, -0.05) is 80.3 Å². The molecule has 0 saturated heterocycles. The van der Waals surface area contributed by atoms with Gasteiger partial charge in [0, 0.05) is 0 Å². The third-order valence-corrected chi connectivity index (χ3v) is 5.79. The van der Waals surface area contributed by atoms with E-state index in [0.717, 1.165) is 48.4 Å². The Kier molecular flexibility index (Phi) is 10.2. The molecule has 0 N–H and O–H groups in total. The van der Waals surface area contributed by atoms with Gasteiger partial charge in [-0.05, 0) is 73.2 Å². The van der Waals surface area contributed by atoms with Gasteiger partial charge < -0.3 is 4.74 Å². The summed E-state index contributed by atoms with van der Waals surface area (Å²) in [4.78, 5) is 0. The average Bonchev–Trinajstić information content (AvgIpc) is 2.84. The van der Waals surface area contributed by atoms with Crippen molar-refractivity contribution in [1.29, 1.82) is 0 Å². The molecule has 0 amide bonds. The van der Waals surface area contributed by atoms with Gasteiger partial charge in [0.05, 0.1) is 0 Å². The Morgan fingerprint density at radius 2 is 1.35 bits per heavy atom. The maximum absolute atomic E-state index is 14.5. The van der Waals surface area contributed by atoms with E-state index >= 15 is 0 Å². The van der Waals surface area contributed by atoms with E-state index in [-0.39, 0.29) is 5.75 Å². The Bertz CT molecular complexity index is 1130. The van der Waals surface area contributed by atoms with E-state index in [1.807, 2.05) is 32.1 Å². The van der Waals surface area contributed by atoms with Crippen LogP contribution in [-0.4, -0.2) is 12.4 Å². The van der Waals surface area contributed by atoms with Crippen LogP contribution in [0.25, 0.3) is 0 Å². The lowest BCUT2D eigenvalue weighted by atomic mass is 9.72. The lowest BCUT2D eigenvalue weighted by molar-refractivity contribution is -0.288. The Morgan fingerprint density at radius 1 is 0.811 bits per heavy atom. The summed E-state index contributed by atoms with van der Waals surface area (Å²) < 4.78 is 92.3. The molecule has 0 atom stereocenters. The zero-order valence-corrected chi connectivity index (χ0v) is 21.0. The second-order valence-electron chi connectivity index (χ2n) is 8.21. The first-order chi connectivity index (χ1) is 17.4. The Hall–Kier alpha value is -3.48. The van der Waals surface area contributed by atoms with Crippen molar-refractivity contribution >= 4 is 0 Å². The topological polar surface area (TPSA) is 9.23 Å². The smallest absolute Gasteiger partial charge is 0.411 e. The number of rotatable bonds is 10. The Labute approximate surface area is 214 Å². The van der Waals surface area contributed by atoms with Gasteiger partial charge in [-0.25, -0.2) is 0 Å². The molecule has 198 valence electrons. The third-order valence-electron chi connectivity index (χ3n) is 5.79. The highest BCUT2D eigenvalue weighted by Gasteiger charge is 2.72. The van der Waals surface area contributed by atoms with Crippen LogP contribution in [0.5, 0.6) is 5.75 Å². The summed E-state index contributed by atoms with van der Waals surface area (Å²) in [6.07, 6.45) is 1.81. The van der Waals surface area contributed by atoms with Crippen molar-refractivity contribution in [3.63, 3.8) is 0 Å². The summed E-state index contributed by atoms with van der Waals surface area (Å²) in [5.74, 6) is 0.452. The molecule has 0 saturated carbocycles. The van der Waals surface area contributed by atoms with Crippen molar-refractivity contribution in [3.05, 3.63) is 126 Å². The third kappa shape index (κ3) is 6.85. The summed E-state index contributed by atoms with van der Waals surface area (Å²) in [5.41, 5.74) is -4.55. The minimum absolute atomic E-state index is 0.0955. The standard InChI is InChI=1S/C30H30F6O/c1-5-9-11-22(7-3)21-23-13-15-24(16-14-23)28(29(31,32)33,30(34,35)36)25-17-19-27(20-18-25)37-26(8-4)12-10-6-2/h6-20H,2,5,21H2,1,3-4H3/b11-9-,12-10-,22-7+,26-8+. The second kappa shape index (κ2) is 12.7. The molecule has 0 fully saturated rings. The molecule has 0 unspecified atom stereocenters. The number of alkyl halides is 6. The largest absolute Gasteiger partial charge is 0.458 e. The molecule has 0 aliphatic heterocycles. The molecule has 0 spiro atoms. The molecule has 2 aromatic carbocycles. The summed E-state index contributed by atoms with van der Waals surface area (Å²) in [6.45, 7) is 9.00. The molecule has 0 aromatic heterocycles. The molecule has 0 heterocycles. The zero-order valence-electron chi connectivity index (χ0n) is 21.0. The van der Waals surface area contributed by atoms with E-state index in [9.17, 15) is 26.3 Å². The van der Waals surface area contributed by atoms with Crippen molar-refractivity contribution < 1.29 is 31.1 Å². The number of ether oxygens (including phenoxy) is 1. The second-order valence-corrected chi connectivity index (χ2v) is 8.21. The predicted molar refractivity (Wildman–Crippen MR) is 136 cm³/mol. The van der Waals surface area contributed by atoms with Crippen molar-refractivity contribution in [1.82, 2.24) is 0 Å². The van der Waals surface area contributed by atoms with Crippen LogP contribution in [0.3, 0.4) is 0 Å². The van der Waals surface area contributed by atoms with Gasteiger partial charge in [0.25, 0.3) is 0 Å². The van der Waals surface area contributed by atoms with Crippen LogP contribution < -0.4 is 4.74 Å². The van der Waals surface area contributed by atoms with Gasteiger partial charge in [-0.3, -0.25) is 0 Å². The van der Waals surface area contributed by atoms with Gasteiger partial charge in [-0.2, -0.15) is 26.3 Å². The molecule has 2 aromatic rings. The maximum atomic E-state index is 14.5. The molecule has 0 aliphatic carbocycles. The van der Waals surface area contributed by atoms with E-state index in [1.165, 1.54) is 18.2 Å². The van der Waals surface area contributed by atoms with E-state index in [0.29, 0.717) is 17.7 Å². The minimum Gasteiger partial charge on any atom is -0.458 e. The molecule has 2 rings (SSSR count). The normalized spacial score (nSPS) is 14.0. The lowest BCUT2D eigenvalue weighted by Gasteiger charge is -2.38. The molecule has 0 bridgehead atoms. The molecule has 7 heteroatoms. The molecular weight excluding hydrogens is 490 g/mol. The predicted octanol–water partition coefficient (Wildman–Crippen LogP) is 9.58. The molecule has 37 heavy (non-hydrogen) atoms. The van der Waals surface area contributed by atoms with Crippen LogP contribution in [0, 0.1) is 0 Å². The van der Waals surface area contributed by atoms with Gasteiger partial charge in [0.1, 0.15) is 11.5 Å². The number of hydrogen-bond acceptors (Lipinski definition) is 1. The van der Waals surface area contributed by atoms with E-state index in [4.69, 9.17) is 4.74 Å². The number of hydrogen-bond donors (Lipinski definition) is 0. The minimum atomic E-state index is -5.66. The summed E-state index contributed by atoms with van der Waals surface area (Å²) in [7, 11) is 0. The lowest BCUT2D eigenvalue weighted by Crippen LogP contribution is -2.54. The van der Waals surface area contributed by atoms with Crippen LogP contribution in [0.2, 0.25) is 0 Å². The first kappa shape index (κ1) is 29.7. The van der Waals surface area contributed by atoms with Crippen molar-refractivity contribution in [2.45, 2.75) is 51.4 Å². The monoisotopic (exact) mass is 520 g/mol. The highest BCUT2D eigenvalue weighted by Crippen LogP contribution is 2.56. The average molecular weight is 521 g/mol. The summed E-state index contributed by atoms with van der Waals surface area (Å²) >= 11 is 0.